The molecular formula is C27H48O4S. The van der Waals surface area contributed by atoms with Crippen molar-refractivity contribution in [1.29, 1.82) is 0 Å². The minimum absolute atomic E-state index is 0.0646. The van der Waals surface area contributed by atoms with Crippen molar-refractivity contribution in [2.45, 2.75) is 121 Å². The van der Waals surface area contributed by atoms with Crippen LogP contribution in [0.4, 0.5) is 0 Å². The predicted octanol–water partition coefficient (Wildman–Crippen LogP) is 7.98. The first-order valence-corrected chi connectivity index (χ1v) is 14.5. The zero-order chi connectivity index (χ0) is 23.3. The molecule has 0 aliphatic heterocycles. The monoisotopic (exact) mass is 468 g/mol. The van der Waals surface area contributed by atoms with E-state index in [9.17, 15) is 8.42 Å². The Kier molecular flexibility index (Phi) is 17.8. The van der Waals surface area contributed by atoms with Gasteiger partial charge in [0.2, 0.25) is 0 Å². The lowest BCUT2D eigenvalue weighted by Crippen LogP contribution is -2.12. The van der Waals surface area contributed by atoms with E-state index in [1.165, 1.54) is 96.3 Å². The van der Waals surface area contributed by atoms with Gasteiger partial charge in [-0.2, -0.15) is 8.42 Å². The molecule has 0 bridgehead atoms. The van der Waals surface area contributed by atoms with Gasteiger partial charge in [-0.15, -0.1) is 0 Å². The van der Waals surface area contributed by atoms with Gasteiger partial charge in [0.25, 0.3) is 10.1 Å². The lowest BCUT2D eigenvalue weighted by atomic mass is 10.0. The Labute approximate surface area is 198 Å². The van der Waals surface area contributed by atoms with Crippen molar-refractivity contribution in [3.05, 3.63) is 29.8 Å². The Morgan fingerprint density at radius 2 is 1.03 bits per heavy atom. The van der Waals surface area contributed by atoms with Gasteiger partial charge in [0, 0.05) is 6.61 Å². The second-order valence-electron chi connectivity index (χ2n) is 9.00. The van der Waals surface area contributed by atoms with Gasteiger partial charge in [-0.05, 0) is 25.5 Å². The van der Waals surface area contributed by atoms with Crippen LogP contribution in [0.5, 0.6) is 0 Å². The molecule has 1 aromatic carbocycles. The fourth-order valence-electron chi connectivity index (χ4n) is 3.83. The molecule has 0 amide bonds. The molecule has 0 unspecified atom stereocenters. The molecule has 0 spiro atoms. The van der Waals surface area contributed by atoms with Crippen LogP contribution in [-0.2, 0) is 19.0 Å². The van der Waals surface area contributed by atoms with Crippen molar-refractivity contribution in [1.82, 2.24) is 0 Å². The molecule has 0 heterocycles. The SMILES string of the molecule is CCCCCCCCCCCCCCCCCCOCCOS(=O)(=O)c1ccc(C)cc1. The molecule has 0 fully saturated rings. The van der Waals surface area contributed by atoms with E-state index in [1.807, 2.05) is 6.92 Å². The molecule has 0 atom stereocenters. The van der Waals surface area contributed by atoms with Crippen LogP contribution >= 0.6 is 0 Å². The minimum atomic E-state index is -3.68. The van der Waals surface area contributed by atoms with Gasteiger partial charge in [0.1, 0.15) is 0 Å². The van der Waals surface area contributed by atoms with Gasteiger partial charge in [-0.1, -0.05) is 121 Å². The van der Waals surface area contributed by atoms with Crippen LogP contribution in [0.1, 0.15) is 115 Å². The van der Waals surface area contributed by atoms with E-state index >= 15 is 0 Å². The molecule has 0 saturated carbocycles. The van der Waals surface area contributed by atoms with Crippen LogP contribution in [0.2, 0.25) is 0 Å². The number of rotatable bonds is 22. The molecule has 0 saturated heterocycles. The van der Waals surface area contributed by atoms with Crippen LogP contribution < -0.4 is 0 Å². The van der Waals surface area contributed by atoms with Crippen LogP contribution in [0.3, 0.4) is 0 Å². The van der Waals surface area contributed by atoms with Crippen molar-refractivity contribution in [2.24, 2.45) is 0 Å². The largest absolute Gasteiger partial charge is 0.379 e. The summed E-state index contributed by atoms with van der Waals surface area (Å²) >= 11 is 0. The van der Waals surface area contributed by atoms with Gasteiger partial charge in [0.15, 0.2) is 0 Å². The summed E-state index contributed by atoms with van der Waals surface area (Å²) in [7, 11) is -3.68. The van der Waals surface area contributed by atoms with E-state index in [2.05, 4.69) is 6.92 Å². The number of unbranched alkanes of at least 4 members (excludes halogenated alkanes) is 15. The zero-order valence-electron chi connectivity index (χ0n) is 20.8. The molecule has 0 N–H and O–H groups in total. The summed E-state index contributed by atoms with van der Waals surface area (Å²) in [5.74, 6) is 0. The van der Waals surface area contributed by atoms with Crippen LogP contribution in [-0.4, -0.2) is 28.2 Å². The Bertz CT molecular complexity index is 640. The third-order valence-electron chi connectivity index (χ3n) is 5.92. The smallest absolute Gasteiger partial charge is 0.297 e. The van der Waals surface area contributed by atoms with E-state index in [1.54, 1.807) is 24.3 Å². The molecule has 0 radical (unpaired) electrons. The molecule has 5 heteroatoms. The van der Waals surface area contributed by atoms with Crippen molar-refractivity contribution in [3.8, 4) is 0 Å². The Morgan fingerprint density at radius 3 is 1.50 bits per heavy atom. The molecule has 0 aliphatic rings. The van der Waals surface area contributed by atoms with E-state index in [-0.39, 0.29) is 11.5 Å². The summed E-state index contributed by atoms with van der Waals surface area (Å²) in [5.41, 5.74) is 1.02. The summed E-state index contributed by atoms with van der Waals surface area (Å²) in [6.45, 7) is 5.24. The highest BCUT2D eigenvalue weighted by atomic mass is 32.2. The molecule has 0 aromatic heterocycles. The number of aryl methyl sites for hydroxylation is 1. The van der Waals surface area contributed by atoms with Gasteiger partial charge in [-0.25, -0.2) is 0 Å². The van der Waals surface area contributed by atoms with Gasteiger partial charge in [-0.3, -0.25) is 4.18 Å². The van der Waals surface area contributed by atoms with E-state index < -0.39 is 10.1 Å². The Hall–Kier alpha value is -0.910. The van der Waals surface area contributed by atoms with E-state index in [4.69, 9.17) is 8.92 Å². The molecule has 4 nitrogen and oxygen atoms in total. The third kappa shape index (κ3) is 15.8. The molecule has 32 heavy (non-hydrogen) atoms. The maximum absolute atomic E-state index is 12.1. The fraction of sp³-hybridized carbons (Fsp3) is 0.778. The maximum Gasteiger partial charge on any atom is 0.297 e. The molecule has 0 aliphatic carbocycles. The quantitative estimate of drug-likeness (QED) is 0.128. The second kappa shape index (κ2) is 19.5. The average molecular weight is 469 g/mol. The summed E-state index contributed by atoms with van der Waals surface area (Å²) in [4.78, 5) is 0.195. The van der Waals surface area contributed by atoms with Crippen molar-refractivity contribution in [3.63, 3.8) is 0 Å². The summed E-state index contributed by atoms with van der Waals surface area (Å²) in [5, 5.41) is 0. The first-order chi connectivity index (χ1) is 15.6. The first-order valence-electron chi connectivity index (χ1n) is 13.1. The lowest BCUT2D eigenvalue weighted by Gasteiger charge is -2.07. The van der Waals surface area contributed by atoms with Gasteiger partial charge < -0.3 is 4.74 Å². The van der Waals surface area contributed by atoms with E-state index in [0.29, 0.717) is 13.2 Å². The maximum atomic E-state index is 12.1. The van der Waals surface area contributed by atoms with E-state index in [0.717, 1.165) is 12.0 Å². The molecule has 186 valence electrons. The third-order valence-corrected chi connectivity index (χ3v) is 7.24. The first kappa shape index (κ1) is 29.1. The zero-order valence-corrected chi connectivity index (χ0v) is 21.6. The Morgan fingerprint density at radius 1 is 0.594 bits per heavy atom. The summed E-state index contributed by atoms with van der Waals surface area (Å²) in [6, 6.07) is 6.68. The van der Waals surface area contributed by atoms with Crippen LogP contribution in [0, 0.1) is 6.92 Å². The van der Waals surface area contributed by atoms with Crippen LogP contribution in [0.25, 0.3) is 0 Å². The number of ether oxygens (including phenoxy) is 1. The van der Waals surface area contributed by atoms with Gasteiger partial charge in [0.05, 0.1) is 18.1 Å². The highest BCUT2D eigenvalue weighted by molar-refractivity contribution is 7.86. The minimum Gasteiger partial charge on any atom is -0.379 e. The molecule has 1 aromatic rings. The predicted molar refractivity (Wildman–Crippen MR) is 135 cm³/mol. The Balaban J connectivity index is 1.80. The van der Waals surface area contributed by atoms with Crippen LogP contribution in [0.15, 0.2) is 29.2 Å². The highest BCUT2D eigenvalue weighted by Crippen LogP contribution is 2.14. The second-order valence-corrected chi connectivity index (χ2v) is 10.6. The number of hydrogen-bond acceptors (Lipinski definition) is 4. The number of hydrogen-bond donors (Lipinski definition) is 0. The van der Waals surface area contributed by atoms with Crippen molar-refractivity contribution in [2.75, 3.05) is 19.8 Å². The normalized spacial score (nSPS) is 11.8. The lowest BCUT2D eigenvalue weighted by molar-refractivity contribution is 0.0989. The summed E-state index contributed by atoms with van der Waals surface area (Å²) < 4.78 is 34.7. The fourth-order valence-corrected chi connectivity index (χ4v) is 4.72. The summed E-state index contributed by atoms with van der Waals surface area (Å²) in [6.07, 6.45) is 21.6. The standard InChI is InChI=1S/C27H48O4S/c1-3-4-5-6-7-8-9-10-11-12-13-14-15-16-17-18-23-30-24-25-31-32(28,29)27-21-19-26(2)20-22-27/h19-22H,3-18,23-25H2,1-2H3. The topological polar surface area (TPSA) is 52.6 Å². The average Bonchev–Trinajstić information content (AvgIpc) is 2.78. The van der Waals surface area contributed by atoms with Gasteiger partial charge >= 0.3 is 0 Å². The number of benzene rings is 1. The highest BCUT2D eigenvalue weighted by Gasteiger charge is 2.14. The molecular weight excluding hydrogens is 420 g/mol. The molecule has 1 rings (SSSR count). The van der Waals surface area contributed by atoms with Crippen molar-refractivity contribution < 1.29 is 17.3 Å². The van der Waals surface area contributed by atoms with Crippen molar-refractivity contribution >= 4 is 10.1 Å².